The Morgan fingerprint density at radius 3 is 2.47 bits per heavy atom. The third-order valence-electron chi connectivity index (χ3n) is 4.78. The van der Waals surface area contributed by atoms with E-state index in [-0.39, 0.29) is 0 Å². The van der Waals surface area contributed by atoms with Gasteiger partial charge < -0.3 is 5.32 Å². The predicted octanol–water partition coefficient (Wildman–Crippen LogP) is 2.89. The molecule has 17 heavy (non-hydrogen) atoms. The topological polar surface area (TPSA) is 15.3 Å². The van der Waals surface area contributed by atoms with Gasteiger partial charge in [0, 0.05) is 25.2 Å². The van der Waals surface area contributed by atoms with Crippen molar-refractivity contribution < 1.29 is 0 Å². The van der Waals surface area contributed by atoms with Crippen LogP contribution in [0.4, 0.5) is 0 Å². The lowest BCUT2D eigenvalue weighted by Gasteiger charge is -2.31. The number of hydrogen-bond acceptors (Lipinski definition) is 2. The van der Waals surface area contributed by atoms with Crippen LogP contribution < -0.4 is 5.32 Å². The Bertz CT molecular complexity index is 223. The van der Waals surface area contributed by atoms with Crippen molar-refractivity contribution in [3.63, 3.8) is 0 Å². The summed E-state index contributed by atoms with van der Waals surface area (Å²) in [4.78, 5) is 2.72. The van der Waals surface area contributed by atoms with Gasteiger partial charge in [0.2, 0.25) is 0 Å². The molecule has 0 aromatic heterocycles. The monoisotopic (exact) mass is 238 g/mol. The van der Waals surface area contributed by atoms with E-state index in [0.717, 1.165) is 30.5 Å². The van der Waals surface area contributed by atoms with Crippen LogP contribution in [0.2, 0.25) is 0 Å². The molecular formula is C15H30N2. The Hall–Kier alpha value is -0.0800. The van der Waals surface area contributed by atoms with Crippen LogP contribution in [0.15, 0.2) is 0 Å². The standard InChI is InChI=1S/C15H30N2/c1-4-16-15(14-7-5-6-8-14)11-17-10-12(2)9-13(17)3/h12-16H,4-11H2,1-3H3. The van der Waals surface area contributed by atoms with Gasteiger partial charge in [0.05, 0.1) is 0 Å². The zero-order chi connectivity index (χ0) is 12.3. The van der Waals surface area contributed by atoms with Crippen LogP contribution >= 0.6 is 0 Å². The molecule has 0 aromatic rings. The Balaban J connectivity index is 1.88. The first kappa shape index (κ1) is 13.4. The van der Waals surface area contributed by atoms with Crippen molar-refractivity contribution in [3.05, 3.63) is 0 Å². The number of nitrogens with zero attached hydrogens (tertiary/aromatic N) is 1. The highest BCUT2D eigenvalue weighted by atomic mass is 15.2. The first-order chi connectivity index (χ1) is 8.20. The third-order valence-corrected chi connectivity index (χ3v) is 4.78. The second kappa shape index (κ2) is 6.19. The van der Waals surface area contributed by atoms with Crippen molar-refractivity contribution in [1.29, 1.82) is 0 Å². The largest absolute Gasteiger partial charge is 0.313 e. The molecule has 0 bridgehead atoms. The van der Waals surface area contributed by atoms with Gasteiger partial charge in [0.1, 0.15) is 0 Å². The average molecular weight is 238 g/mol. The molecule has 1 aliphatic heterocycles. The summed E-state index contributed by atoms with van der Waals surface area (Å²) in [6, 6.07) is 1.54. The van der Waals surface area contributed by atoms with Crippen molar-refractivity contribution >= 4 is 0 Å². The van der Waals surface area contributed by atoms with Gasteiger partial charge in [0.15, 0.2) is 0 Å². The van der Waals surface area contributed by atoms with E-state index in [0.29, 0.717) is 0 Å². The molecule has 2 aliphatic rings. The Labute approximate surface area is 107 Å². The number of likely N-dealkylation sites (tertiary alicyclic amines) is 1. The quantitative estimate of drug-likeness (QED) is 0.792. The molecule has 0 radical (unpaired) electrons. The molecule has 1 saturated heterocycles. The highest BCUT2D eigenvalue weighted by Crippen LogP contribution is 2.30. The smallest absolute Gasteiger partial charge is 0.0223 e. The molecule has 3 unspecified atom stereocenters. The molecule has 0 aromatic carbocycles. The highest BCUT2D eigenvalue weighted by Gasteiger charge is 2.31. The summed E-state index contributed by atoms with van der Waals surface area (Å²) >= 11 is 0. The van der Waals surface area contributed by atoms with Crippen molar-refractivity contribution in [2.24, 2.45) is 11.8 Å². The maximum Gasteiger partial charge on any atom is 0.0223 e. The molecule has 0 spiro atoms. The number of hydrogen-bond donors (Lipinski definition) is 1. The van der Waals surface area contributed by atoms with Crippen molar-refractivity contribution in [3.8, 4) is 0 Å². The van der Waals surface area contributed by atoms with Crippen LogP contribution in [-0.2, 0) is 0 Å². The molecule has 0 amide bonds. The zero-order valence-corrected chi connectivity index (χ0v) is 11.9. The van der Waals surface area contributed by atoms with Gasteiger partial charge in [-0.15, -0.1) is 0 Å². The lowest BCUT2D eigenvalue weighted by atomic mass is 9.97. The van der Waals surface area contributed by atoms with Gasteiger partial charge in [-0.25, -0.2) is 0 Å². The van der Waals surface area contributed by atoms with Crippen LogP contribution in [0.1, 0.15) is 52.9 Å². The van der Waals surface area contributed by atoms with Crippen LogP contribution in [0.25, 0.3) is 0 Å². The molecule has 3 atom stereocenters. The van der Waals surface area contributed by atoms with E-state index in [9.17, 15) is 0 Å². The zero-order valence-electron chi connectivity index (χ0n) is 11.9. The molecule has 2 fully saturated rings. The summed E-state index contributed by atoms with van der Waals surface area (Å²) < 4.78 is 0. The Morgan fingerprint density at radius 2 is 1.94 bits per heavy atom. The number of nitrogens with one attached hydrogen (secondary N) is 1. The van der Waals surface area contributed by atoms with Gasteiger partial charge >= 0.3 is 0 Å². The predicted molar refractivity (Wildman–Crippen MR) is 74.2 cm³/mol. The van der Waals surface area contributed by atoms with Gasteiger partial charge in [-0.3, -0.25) is 4.90 Å². The summed E-state index contributed by atoms with van der Waals surface area (Å²) in [6.45, 7) is 10.8. The first-order valence-corrected chi connectivity index (χ1v) is 7.68. The maximum atomic E-state index is 3.75. The lowest BCUT2D eigenvalue weighted by Crippen LogP contribution is -2.46. The Morgan fingerprint density at radius 1 is 1.24 bits per heavy atom. The molecule has 100 valence electrons. The number of rotatable bonds is 5. The summed E-state index contributed by atoms with van der Waals surface area (Å²) in [5, 5.41) is 3.75. The van der Waals surface area contributed by atoms with E-state index in [4.69, 9.17) is 0 Å². The molecular weight excluding hydrogens is 208 g/mol. The van der Waals surface area contributed by atoms with Crippen LogP contribution in [0.3, 0.4) is 0 Å². The molecule has 1 heterocycles. The van der Waals surface area contributed by atoms with Gasteiger partial charge in [-0.1, -0.05) is 26.7 Å². The Kier molecular flexibility index (Phi) is 4.87. The van der Waals surface area contributed by atoms with E-state index < -0.39 is 0 Å². The minimum Gasteiger partial charge on any atom is -0.313 e. The van der Waals surface area contributed by atoms with Gasteiger partial charge in [0.25, 0.3) is 0 Å². The molecule has 2 nitrogen and oxygen atoms in total. The second-order valence-corrected chi connectivity index (χ2v) is 6.35. The van der Waals surface area contributed by atoms with Crippen LogP contribution in [0.5, 0.6) is 0 Å². The second-order valence-electron chi connectivity index (χ2n) is 6.35. The van der Waals surface area contributed by atoms with Crippen LogP contribution in [-0.4, -0.2) is 36.6 Å². The molecule has 1 N–H and O–H groups in total. The van der Waals surface area contributed by atoms with E-state index in [1.165, 1.54) is 45.2 Å². The average Bonchev–Trinajstić information content (AvgIpc) is 2.88. The van der Waals surface area contributed by atoms with E-state index in [1.54, 1.807) is 0 Å². The summed E-state index contributed by atoms with van der Waals surface area (Å²) in [7, 11) is 0. The van der Waals surface area contributed by atoms with Crippen LogP contribution in [0, 0.1) is 11.8 Å². The SMILES string of the molecule is CCNC(CN1CC(C)CC1C)C1CCCC1. The maximum absolute atomic E-state index is 3.75. The van der Waals surface area contributed by atoms with E-state index in [2.05, 4.69) is 31.0 Å². The third kappa shape index (κ3) is 3.45. The normalized spacial score (nSPS) is 33.4. The fourth-order valence-corrected chi connectivity index (χ4v) is 3.90. The van der Waals surface area contributed by atoms with E-state index >= 15 is 0 Å². The van der Waals surface area contributed by atoms with Gasteiger partial charge in [-0.2, -0.15) is 0 Å². The van der Waals surface area contributed by atoms with Crippen molar-refractivity contribution in [2.75, 3.05) is 19.6 Å². The molecule has 2 heteroatoms. The molecule has 2 rings (SSSR count). The molecule has 1 saturated carbocycles. The van der Waals surface area contributed by atoms with Crippen molar-refractivity contribution in [2.45, 2.75) is 65.0 Å². The fraction of sp³-hybridized carbons (Fsp3) is 1.00. The fourth-order valence-electron chi connectivity index (χ4n) is 3.90. The summed E-state index contributed by atoms with van der Waals surface area (Å²) in [5.41, 5.74) is 0. The first-order valence-electron chi connectivity index (χ1n) is 7.68. The minimum atomic E-state index is 0.746. The number of likely N-dealkylation sites (N-methyl/N-ethyl adjacent to an activating group) is 1. The van der Waals surface area contributed by atoms with Gasteiger partial charge in [-0.05, 0) is 44.6 Å². The highest BCUT2D eigenvalue weighted by molar-refractivity contribution is 4.88. The minimum absolute atomic E-state index is 0.746. The summed E-state index contributed by atoms with van der Waals surface area (Å²) in [6.07, 6.45) is 7.21. The van der Waals surface area contributed by atoms with E-state index in [1.807, 2.05) is 0 Å². The lowest BCUT2D eigenvalue weighted by molar-refractivity contribution is 0.202. The van der Waals surface area contributed by atoms with Crippen molar-refractivity contribution in [1.82, 2.24) is 10.2 Å². The molecule has 1 aliphatic carbocycles. The summed E-state index contributed by atoms with van der Waals surface area (Å²) in [5.74, 6) is 1.84.